The number of amides is 1. The monoisotopic (exact) mass is 493 g/mol. The fourth-order valence-electron chi connectivity index (χ4n) is 3.71. The summed E-state index contributed by atoms with van der Waals surface area (Å²) in [6.07, 6.45) is 5.37. The van der Waals surface area contributed by atoms with Crippen molar-refractivity contribution in [2.45, 2.75) is 25.8 Å². The van der Waals surface area contributed by atoms with E-state index in [1.54, 1.807) is 29.1 Å². The number of carbonyl (C=O) groups is 1. The van der Waals surface area contributed by atoms with Gasteiger partial charge in [0.1, 0.15) is 17.6 Å². The van der Waals surface area contributed by atoms with Gasteiger partial charge in [-0.1, -0.05) is 30.3 Å². The first-order valence-corrected chi connectivity index (χ1v) is 13.1. The number of benzene rings is 2. The maximum atomic E-state index is 12.6. The van der Waals surface area contributed by atoms with Gasteiger partial charge < -0.3 is 13.7 Å². The smallest absolute Gasteiger partial charge is 0.256 e. The highest BCUT2D eigenvalue weighted by Crippen LogP contribution is 2.22. The molecule has 182 valence electrons. The van der Waals surface area contributed by atoms with Crippen molar-refractivity contribution in [1.29, 1.82) is 0 Å². The molecule has 2 aromatic carbocycles. The van der Waals surface area contributed by atoms with E-state index in [1.165, 1.54) is 0 Å². The van der Waals surface area contributed by atoms with Crippen molar-refractivity contribution in [2.24, 2.45) is 0 Å². The summed E-state index contributed by atoms with van der Waals surface area (Å²) < 4.78 is 38.5. The standard InChI is InChI=1S/C26H27N3O5S/c1-19-23(27-26(34-19)21-8-4-3-5-9-21)14-17-33-22-12-10-20(11-13-22)18-24(29-15-6-7-16-29)25(30)28-35(2,31)32/h3-13,15-16,24H,14,17-18H2,1-2H3,(H,28,30). The molecule has 0 aliphatic heterocycles. The summed E-state index contributed by atoms with van der Waals surface area (Å²) >= 11 is 0. The van der Waals surface area contributed by atoms with E-state index in [0.29, 0.717) is 31.1 Å². The van der Waals surface area contributed by atoms with Crippen molar-refractivity contribution in [2.75, 3.05) is 12.9 Å². The van der Waals surface area contributed by atoms with Gasteiger partial charge in [0, 0.05) is 30.8 Å². The molecule has 0 fully saturated rings. The third kappa shape index (κ3) is 6.60. The second-order valence-electron chi connectivity index (χ2n) is 8.22. The minimum absolute atomic E-state index is 0.330. The normalized spacial score (nSPS) is 12.3. The molecule has 1 N–H and O–H groups in total. The number of oxazole rings is 1. The molecule has 0 saturated carbocycles. The Morgan fingerprint density at radius 3 is 2.40 bits per heavy atom. The van der Waals surface area contributed by atoms with E-state index >= 15 is 0 Å². The second kappa shape index (κ2) is 10.6. The summed E-state index contributed by atoms with van der Waals surface area (Å²) in [6, 6.07) is 20.0. The molecular formula is C26H27N3O5S. The summed E-state index contributed by atoms with van der Waals surface area (Å²) in [5.41, 5.74) is 2.66. The molecule has 1 amide bonds. The number of aryl methyl sites for hydroxylation is 1. The second-order valence-corrected chi connectivity index (χ2v) is 9.97. The molecule has 0 aliphatic rings. The Morgan fingerprint density at radius 1 is 1.06 bits per heavy atom. The van der Waals surface area contributed by atoms with Crippen LogP contribution >= 0.6 is 0 Å². The Balaban J connectivity index is 1.36. The minimum atomic E-state index is -3.65. The van der Waals surface area contributed by atoms with Crippen molar-refractivity contribution in [1.82, 2.24) is 14.3 Å². The lowest BCUT2D eigenvalue weighted by Crippen LogP contribution is -2.36. The third-order valence-electron chi connectivity index (χ3n) is 5.45. The van der Waals surface area contributed by atoms with Crippen LogP contribution in [0.1, 0.15) is 23.1 Å². The van der Waals surface area contributed by atoms with Gasteiger partial charge in [0.25, 0.3) is 5.91 Å². The first-order chi connectivity index (χ1) is 16.8. The molecular weight excluding hydrogens is 466 g/mol. The fraction of sp³-hybridized carbons (Fsp3) is 0.231. The molecule has 0 aliphatic carbocycles. The number of nitrogens with zero attached hydrogens (tertiary/aromatic N) is 2. The maximum Gasteiger partial charge on any atom is 0.256 e. The van der Waals surface area contributed by atoms with Crippen LogP contribution < -0.4 is 9.46 Å². The van der Waals surface area contributed by atoms with Crippen LogP contribution in [-0.4, -0.2) is 36.7 Å². The lowest BCUT2D eigenvalue weighted by atomic mass is 10.1. The van der Waals surface area contributed by atoms with Crippen molar-refractivity contribution in [3.8, 4) is 17.2 Å². The van der Waals surface area contributed by atoms with E-state index < -0.39 is 22.0 Å². The Bertz CT molecular complexity index is 1360. The predicted molar refractivity (Wildman–Crippen MR) is 132 cm³/mol. The first kappa shape index (κ1) is 24.3. The number of hydrogen-bond donors (Lipinski definition) is 1. The molecule has 0 bridgehead atoms. The predicted octanol–water partition coefficient (Wildman–Crippen LogP) is 3.93. The van der Waals surface area contributed by atoms with Gasteiger partial charge in [-0.15, -0.1) is 0 Å². The Hall–Kier alpha value is -3.85. The molecule has 8 nitrogen and oxygen atoms in total. The summed E-state index contributed by atoms with van der Waals surface area (Å²) in [5, 5.41) is 0. The van der Waals surface area contributed by atoms with Gasteiger partial charge in [-0.25, -0.2) is 13.4 Å². The zero-order chi connectivity index (χ0) is 24.8. The number of sulfonamides is 1. The van der Waals surface area contributed by atoms with Gasteiger partial charge in [0.05, 0.1) is 18.6 Å². The van der Waals surface area contributed by atoms with Gasteiger partial charge in [-0.3, -0.25) is 9.52 Å². The quantitative estimate of drug-likeness (QED) is 0.359. The van der Waals surface area contributed by atoms with Crippen molar-refractivity contribution >= 4 is 15.9 Å². The molecule has 35 heavy (non-hydrogen) atoms. The number of carbonyl (C=O) groups excluding carboxylic acids is 1. The van der Waals surface area contributed by atoms with E-state index in [9.17, 15) is 13.2 Å². The zero-order valence-electron chi connectivity index (χ0n) is 19.5. The topological polar surface area (TPSA) is 103 Å². The van der Waals surface area contributed by atoms with Gasteiger partial charge in [-0.2, -0.15) is 0 Å². The number of hydrogen-bond acceptors (Lipinski definition) is 6. The molecule has 1 unspecified atom stereocenters. The Labute approximate surface area is 204 Å². The van der Waals surface area contributed by atoms with E-state index in [-0.39, 0.29) is 0 Å². The van der Waals surface area contributed by atoms with Crippen molar-refractivity contribution in [3.05, 3.63) is 96.1 Å². The van der Waals surface area contributed by atoms with Crippen LogP contribution in [-0.2, 0) is 27.7 Å². The van der Waals surface area contributed by atoms with Crippen LogP contribution in [0.25, 0.3) is 11.5 Å². The summed E-state index contributed by atoms with van der Waals surface area (Å²) in [6.45, 7) is 2.33. The molecule has 2 heterocycles. The Kier molecular flexibility index (Phi) is 7.36. The minimum Gasteiger partial charge on any atom is -0.493 e. The van der Waals surface area contributed by atoms with Crippen LogP contribution in [0.15, 0.2) is 83.5 Å². The third-order valence-corrected chi connectivity index (χ3v) is 6.02. The van der Waals surface area contributed by atoms with Crippen LogP contribution in [0.5, 0.6) is 5.75 Å². The molecule has 4 aromatic rings. The summed E-state index contributed by atoms with van der Waals surface area (Å²) in [5.74, 6) is 1.48. The highest BCUT2D eigenvalue weighted by atomic mass is 32.2. The lowest BCUT2D eigenvalue weighted by molar-refractivity contribution is -0.122. The highest BCUT2D eigenvalue weighted by Gasteiger charge is 2.23. The summed E-state index contributed by atoms with van der Waals surface area (Å²) in [4.78, 5) is 17.2. The van der Waals surface area contributed by atoms with Crippen molar-refractivity contribution in [3.63, 3.8) is 0 Å². The molecule has 0 saturated heterocycles. The number of nitrogens with one attached hydrogen (secondary N) is 1. The van der Waals surface area contributed by atoms with Gasteiger partial charge in [0.2, 0.25) is 15.9 Å². The Morgan fingerprint density at radius 2 is 1.74 bits per heavy atom. The number of rotatable bonds is 10. The molecule has 0 radical (unpaired) electrons. The maximum absolute atomic E-state index is 12.6. The van der Waals surface area contributed by atoms with Crippen LogP contribution in [0.2, 0.25) is 0 Å². The van der Waals surface area contributed by atoms with E-state index in [0.717, 1.165) is 28.8 Å². The number of ether oxygens (including phenoxy) is 1. The largest absolute Gasteiger partial charge is 0.493 e. The SMILES string of the molecule is Cc1oc(-c2ccccc2)nc1CCOc1ccc(CC(C(=O)NS(C)(=O)=O)n2cccc2)cc1. The van der Waals surface area contributed by atoms with E-state index in [2.05, 4.69) is 9.71 Å². The molecule has 0 spiro atoms. The van der Waals surface area contributed by atoms with Crippen LogP contribution in [0, 0.1) is 6.92 Å². The average Bonchev–Trinajstić information content (AvgIpc) is 3.48. The van der Waals surface area contributed by atoms with Gasteiger partial charge in [-0.05, 0) is 48.9 Å². The molecule has 4 rings (SSSR count). The van der Waals surface area contributed by atoms with E-state index in [1.807, 2.05) is 61.5 Å². The van der Waals surface area contributed by atoms with Crippen LogP contribution in [0.3, 0.4) is 0 Å². The molecule has 1 atom stereocenters. The number of aromatic nitrogens is 2. The van der Waals surface area contributed by atoms with E-state index in [4.69, 9.17) is 9.15 Å². The fourth-order valence-corrected chi connectivity index (χ4v) is 4.22. The van der Waals surface area contributed by atoms with Gasteiger partial charge >= 0.3 is 0 Å². The van der Waals surface area contributed by atoms with Crippen molar-refractivity contribution < 1.29 is 22.4 Å². The lowest BCUT2D eigenvalue weighted by Gasteiger charge is -2.18. The van der Waals surface area contributed by atoms with Crippen LogP contribution in [0.4, 0.5) is 0 Å². The van der Waals surface area contributed by atoms with Gasteiger partial charge in [0.15, 0.2) is 0 Å². The first-order valence-electron chi connectivity index (χ1n) is 11.2. The molecule has 2 aromatic heterocycles. The average molecular weight is 494 g/mol. The summed E-state index contributed by atoms with van der Waals surface area (Å²) in [7, 11) is -3.65. The highest BCUT2D eigenvalue weighted by molar-refractivity contribution is 7.89. The molecule has 9 heteroatoms. The zero-order valence-corrected chi connectivity index (χ0v) is 20.4.